The summed E-state index contributed by atoms with van der Waals surface area (Å²) in [5, 5.41) is 9.38. The third-order valence-corrected chi connectivity index (χ3v) is 4.80. The Morgan fingerprint density at radius 1 is 0.839 bits per heavy atom. The molecule has 0 spiro atoms. The van der Waals surface area contributed by atoms with E-state index in [0.29, 0.717) is 16.7 Å². The Hall–Kier alpha value is -4.00. The Morgan fingerprint density at radius 2 is 1.39 bits per heavy atom. The molecule has 7 heteroatoms. The second kappa shape index (κ2) is 10.2. The van der Waals surface area contributed by atoms with Gasteiger partial charge in [-0.05, 0) is 23.6 Å². The van der Waals surface area contributed by atoms with Crippen LogP contribution in [0.15, 0.2) is 78.9 Å². The fourth-order valence-corrected chi connectivity index (χ4v) is 2.95. The first kappa shape index (κ1) is 21.7. The maximum Gasteiger partial charge on any atom is 0.313 e. The molecule has 0 N–H and O–H groups in total. The van der Waals surface area contributed by atoms with Crippen molar-refractivity contribution in [2.75, 3.05) is 0 Å². The van der Waals surface area contributed by atoms with Crippen LogP contribution in [0.1, 0.15) is 45.5 Å². The highest BCUT2D eigenvalue weighted by molar-refractivity contribution is 6.09. The molecule has 1 atom stereocenters. The number of nitrogens with zero attached hydrogens (tertiary/aromatic N) is 1. The van der Waals surface area contributed by atoms with E-state index in [4.69, 9.17) is 4.74 Å². The van der Waals surface area contributed by atoms with Gasteiger partial charge in [0.1, 0.15) is 13.2 Å². The van der Waals surface area contributed by atoms with Crippen molar-refractivity contribution in [2.45, 2.75) is 26.1 Å². The van der Waals surface area contributed by atoms with Gasteiger partial charge in [0.2, 0.25) is 0 Å². The Balaban J connectivity index is 1.55. The van der Waals surface area contributed by atoms with Crippen molar-refractivity contribution in [3.8, 4) is 0 Å². The fourth-order valence-electron chi connectivity index (χ4n) is 2.95. The largest absolute Gasteiger partial charge is 0.460 e. The summed E-state index contributed by atoms with van der Waals surface area (Å²) < 4.78 is 5.38. The minimum Gasteiger partial charge on any atom is -0.460 e. The normalized spacial score (nSPS) is 11.4. The first-order valence-corrected chi connectivity index (χ1v) is 9.65. The van der Waals surface area contributed by atoms with Gasteiger partial charge >= 0.3 is 5.97 Å². The smallest absolute Gasteiger partial charge is 0.313 e. The molecule has 0 radical (unpaired) electrons. The molecule has 158 valence electrons. The van der Waals surface area contributed by atoms with Crippen LogP contribution in [0.25, 0.3) is 0 Å². The summed E-state index contributed by atoms with van der Waals surface area (Å²) in [4.78, 5) is 39.4. The van der Waals surface area contributed by atoms with Crippen molar-refractivity contribution in [3.05, 3.63) is 117 Å². The number of hydrogen-bond donors (Lipinski definition) is 0. The number of benzene rings is 3. The van der Waals surface area contributed by atoms with Crippen LogP contribution < -0.4 is 0 Å². The number of carbonyl (C=O) groups excluding carboxylic acids is 2. The van der Waals surface area contributed by atoms with Gasteiger partial charge in [0.25, 0.3) is 5.09 Å². The van der Waals surface area contributed by atoms with E-state index in [9.17, 15) is 19.7 Å². The maximum absolute atomic E-state index is 12.5. The molecule has 7 nitrogen and oxygen atoms in total. The molecule has 31 heavy (non-hydrogen) atoms. The van der Waals surface area contributed by atoms with Crippen LogP contribution in [0.4, 0.5) is 0 Å². The van der Waals surface area contributed by atoms with E-state index in [1.165, 1.54) is 0 Å². The number of carbonyl (C=O) groups is 2. The molecule has 0 bridgehead atoms. The predicted octanol–water partition coefficient (Wildman–Crippen LogP) is 4.47. The Labute approximate surface area is 179 Å². The molecule has 3 aromatic rings. The Morgan fingerprint density at radius 3 is 1.97 bits per heavy atom. The van der Waals surface area contributed by atoms with Crippen molar-refractivity contribution in [1.82, 2.24) is 0 Å². The fraction of sp³-hybridized carbons (Fsp3) is 0.167. The van der Waals surface area contributed by atoms with Crippen LogP contribution in [0.3, 0.4) is 0 Å². The number of ether oxygens (including phenoxy) is 1. The highest BCUT2D eigenvalue weighted by Crippen LogP contribution is 2.20. The summed E-state index contributed by atoms with van der Waals surface area (Å²) in [5.41, 5.74) is 3.32. The second-order valence-corrected chi connectivity index (χ2v) is 6.96. The zero-order valence-corrected chi connectivity index (χ0v) is 16.9. The first-order valence-electron chi connectivity index (χ1n) is 9.65. The van der Waals surface area contributed by atoms with Gasteiger partial charge in [-0.2, -0.15) is 0 Å². The lowest BCUT2D eigenvalue weighted by atomic mass is 9.97. The number of esters is 1. The van der Waals surface area contributed by atoms with E-state index in [-0.39, 0.29) is 25.0 Å². The quantitative estimate of drug-likeness (QED) is 0.220. The van der Waals surface area contributed by atoms with Gasteiger partial charge < -0.3 is 9.57 Å². The first-order chi connectivity index (χ1) is 14.9. The molecule has 0 saturated heterocycles. The molecule has 0 fully saturated rings. The number of hydrogen-bond acceptors (Lipinski definition) is 6. The van der Waals surface area contributed by atoms with Crippen LogP contribution in [-0.2, 0) is 27.6 Å². The van der Waals surface area contributed by atoms with Gasteiger partial charge in [-0.1, -0.05) is 78.9 Å². The second-order valence-electron chi connectivity index (χ2n) is 6.96. The van der Waals surface area contributed by atoms with Crippen molar-refractivity contribution in [2.24, 2.45) is 0 Å². The topological polar surface area (TPSA) is 95.7 Å². The Kier molecular flexibility index (Phi) is 7.11. The molecular formula is C24H21NO6. The summed E-state index contributed by atoms with van der Waals surface area (Å²) in [6, 6.07) is 22.7. The number of rotatable bonds is 9. The molecule has 0 aromatic heterocycles. The average molecular weight is 419 g/mol. The molecule has 0 aliphatic heterocycles. The SMILES string of the molecule is CC(C(=O)OCc1ccc(CO[N+](=O)[O-])cc1)c1ccc(C(=O)c2ccccc2)cc1. The minimum atomic E-state index is -0.846. The van der Waals surface area contributed by atoms with Crippen LogP contribution >= 0.6 is 0 Å². The summed E-state index contributed by atoms with van der Waals surface area (Å²) in [7, 11) is 0. The standard InChI is InChI=1S/C24H21NO6/c1-17(20-11-13-22(14-12-20)23(26)21-5-3-2-4-6-21)24(27)30-15-18-7-9-19(10-8-18)16-31-25(28)29/h2-14,17H,15-16H2,1H3. The van der Waals surface area contributed by atoms with Crippen molar-refractivity contribution >= 4 is 11.8 Å². The van der Waals surface area contributed by atoms with E-state index in [1.807, 2.05) is 18.2 Å². The van der Waals surface area contributed by atoms with Gasteiger partial charge in [-0.3, -0.25) is 9.59 Å². The predicted molar refractivity (Wildman–Crippen MR) is 113 cm³/mol. The van der Waals surface area contributed by atoms with E-state index >= 15 is 0 Å². The van der Waals surface area contributed by atoms with E-state index in [1.54, 1.807) is 67.6 Å². The van der Waals surface area contributed by atoms with Gasteiger partial charge in [-0.25, -0.2) is 0 Å². The van der Waals surface area contributed by atoms with Crippen LogP contribution in [0.5, 0.6) is 0 Å². The highest BCUT2D eigenvalue weighted by atomic mass is 16.9. The van der Waals surface area contributed by atoms with Crippen LogP contribution in [0.2, 0.25) is 0 Å². The lowest BCUT2D eigenvalue weighted by Crippen LogP contribution is -2.13. The Bertz CT molecular complexity index is 1050. The van der Waals surface area contributed by atoms with Gasteiger partial charge in [0.15, 0.2) is 5.78 Å². The van der Waals surface area contributed by atoms with E-state index < -0.39 is 11.0 Å². The lowest BCUT2D eigenvalue weighted by Gasteiger charge is -2.13. The number of ketones is 1. The molecule has 0 amide bonds. The third-order valence-electron chi connectivity index (χ3n) is 4.80. The lowest BCUT2D eigenvalue weighted by molar-refractivity contribution is -0.763. The molecule has 0 aliphatic rings. The zero-order chi connectivity index (χ0) is 22.2. The monoisotopic (exact) mass is 419 g/mol. The minimum absolute atomic E-state index is 0.0746. The van der Waals surface area contributed by atoms with Crippen molar-refractivity contribution in [1.29, 1.82) is 0 Å². The molecular weight excluding hydrogens is 398 g/mol. The van der Waals surface area contributed by atoms with E-state index in [0.717, 1.165) is 11.1 Å². The summed E-state index contributed by atoms with van der Waals surface area (Å²) in [6.45, 7) is 1.70. The zero-order valence-electron chi connectivity index (χ0n) is 16.9. The molecule has 0 heterocycles. The molecule has 3 aromatic carbocycles. The molecule has 0 aliphatic carbocycles. The summed E-state index contributed by atoms with van der Waals surface area (Å²) in [5.74, 6) is -0.953. The molecule has 1 unspecified atom stereocenters. The van der Waals surface area contributed by atoms with E-state index in [2.05, 4.69) is 4.84 Å². The average Bonchev–Trinajstić information content (AvgIpc) is 2.81. The third kappa shape index (κ3) is 5.99. The van der Waals surface area contributed by atoms with Crippen molar-refractivity contribution < 1.29 is 24.3 Å². The summed E-state index contributed by atoms with van der Waals surface area (Å²) in [6.07, 6.45) is 0. The van der Waals surface area contributed by atoms with Gasteiger partial charge in [0, 0.05) is 11.1 Å². The maximum atomic E-state index is 12.5. The van der Waals surface area contributed by atoms with Crippen molar-refractivity contribution in [3.63, 3.8) is 0 Å². The van der Waals surface area contributed by atoms with Gasteiger partial charge in [0.05, 0.1) is 5.92 Å². The van der Waals surface area contributed by atoms with Crippen LogP contribution in [0, 0.1) is 10.1 Å². The van der Waals surface area contributed by atoms with Gasteiger partial charge in [-0.15, -0.1) is 10.1 Å². The summed E-state index contributed by atoms with van der Waals surface area (Å²) >= 11 is 0. The molecule has 0 saturated carbocycles. The molecule has 3 rings (SSSR count). The van der Waals surface area contributed by atoms with Crippen LogP contribution in [-0.4, -0.2) is 16.8 Å². The highest BCUT2D eigenvalue weighted by Gasteiger charge is 2.18.